The largest absolute Gasteiger partial charge is 0.464 e. The summed E-state index contributed by atoms with van der Waals surface area (Å²) < 4.78 is 10.7. The topological polar surface area (TPSA) is 47.6 Å². The highest BCUT2D eigenvalue weighted by Gasteiger charge is 2.15. The van der Waals surface area contributed by atoms with Gasteiger partial charge in [-0.05, 0) is 38.3 Å². The maximum atomic E-state index is 11.4. The van der Waals surface area contributed by atoms with Gasteiger partial charge in [0.15, 0.2) is 0 Å². The van der Waals surface area contributed by atoms with E-state index in [-0.39, 0.29) is 18.7 Å². The van der Waals surface area contributed by atoms with Crippen LogP contribution in [0, 0.1) is 5.92 Å². The van der Waals surface area contributed by atoms with Crippen LogP contribution in [0.3, 0.4) is 0 Å². The summed E-state index contributed by atoms with van der Waals surface area (Å²) in [4.78, 5) is 11.4. The highest BCUT2D eigenvalue weighted by molar-refractivity contribution is 5.70. The molecule has 0 aromatic heterocycles. The van der Waals surface area contributed by atoms with Crippen LogP contribution in [0.25, 0.3) is 0 Å². The van der Waals surface area contributed by atoms with Crippen molar-refractivity contribution in [2.45, 2.75) is 45.6 Å². The zero-order chi connectivity index (χ0) is 12.5. The number of hydrogen-bond donors (Lipinski definition) is 1. The van der Waals surface area contributed by atoms with Gasteiger partial charge in [-0.1, -0.05) is 20.3 Å². The lowest BCUT2D eigenvalue weighted by Gasteiger charge is -2.22. The van der Waals surface area contributed by atoms with E-state index in [1.165, 1.54) is 0 Å². The van der Waals surface area contributed by atoms with Crippen molar-refractivity contribution in [2.24, 2.45) is 5.92 Å². The number of nitrogens with one attached hydrogen (secondary N) is 1. The molecule has 1 rings (SSSR count). The van der Waals surface area contributed by atoms with Crippen molar-refractivity contribution in [3.05, 3.63) is 0 Å². The maximum absolute atomic E-state index is 11.4. The van der Waals surface area contributed by atoms with E-state index in [0.29, 0.717) is 12.5 Å². The molecule has 1 atom stereocenters. The molecule has 1 unspecified atom stereocenters. The zero-order valence-electron chi connectivity index (χ0n) is 11.0. The predicted molar refractivity (Wildman–Crippen MR) is 66.9 cm³/mol. The minimum atomic E-state index is -0.230. The summed E-state index contributed by atoms with van der Waals surface area (Å²) in [5.41, 5.74) is 0. The van der Waals surface area contributed by atoms with Gasteiger partial charge in [0, 0.05) is 0 Å². The molecule has 0 radical (unpaired) electrons. The fourth-order valence-electron chi connectivity index (χ4n) is 2.00. The van der Waals surface area contributed by atoms with Gasteiger partial charge in [-0.25, -0.2) is 4.79 Å². The van der Waals surface area contributed by atoms with Crippen molar-refractivity contribution >= 4 is 5.97 Å². The second-order valence-corrected chi connectivity index (χ2v) is 4.84. The van der Waals surface area contributed by atoms with Crippen LogP contribution in [0.4, 0.5) is 0 Å². The van der Waals surface area contributed by atoms with E-state index in [1.807, 2.05) is 0 Å². The molecule has 0 aromatic rings. The Kier molecular flexibility index (Phi) is 7.21. The minimum Gasteiger partial charge on any atom is -0.464 e. The number of hydrogen-bond acceptors (Lipinski definition) is 4. The van der Waals surface area contributed by atoms with E-state index in [1.54, 1.807) is 0 Å². The molecular weight excluding hydrogens is 218 g/mol. The lowest BCUT2D eigenvalue weighted by atomic mass is 10.1. The molecule has 0 amide bonds. The first kappa shape index (κ1) is 14.5. The highest BCUT2D eigenvalue weighted by atomic mass is 16.6. The third-order valence-corrected chi connectivity index (χ3v) is 3.03. The van der Waals surface area contributed by atoms with Gasteiger partial charge >= 0.3 is 5.97 Å². The van der Waals surface area contributed by atoms with E-state index in [4.69, 9.17) is 9.47 Å². The monoisotopic (exact) mass is 243 g/mol. The highest BCUT2D eigenvalue weighted by Crippen LogP contribution is 2.08. The molecule has 1 fully saturated rings. The van der Waals surface area contributed by atoms with E-state index in [2.05, 4.69) is 19.2 Å². The Morgan fingerprint density at radius 3 is 2.76 bits per heavy atom. The van der Waals surface area contributed by atoms with Crippen molar-refractivity contribution in [3.63, 3.8) is 0 Å². The van der Waals surface area contributed by atoms with Gasteiger partial charge in [0.25, 0.3) is 0 Å². The summed E-state index contributed by atoms with van der Waals surface area (Å²) >= 11 is 0. The molecule has 17 heavy (non-hydrogen) atoms. The van der Waals surface area contributed by atoms with Crippen molar-refractivity contribution in [3.8, 4) is 0 Å². The van der Waals surface area contributed by atoms with Crippen LogP contribution in [0.1, 0.15) is 39.5 Å². The van der Waals surface area contributed by atoms with Crippen LogP contribution in [0.15, 0.2) is 0 Å². The Bertz CT molecular complexity index is 215. The molecule has 0 aliphatic carbocycles. The van der Waals surface area contributed by atoms with Crippen molar-refractivity contribution < 1.29 is 14.3 Å². The third-order valence-electron chi connectivity index (χ3n) is 3.03. The Hall–Kier alpha value is -0.610. The Morgan fingerprint density at radius 2 is 2.12 bits per heavy atom. The molecular formula is C13H25NO3. The van der Waals surface area contributed by atoms with Gasteiger partial charge in [0.05, 0.1) is 12.7 Å². The van der Waals surface area contributed by atoms with Crippen LogP contribution in [-0.4, -0.2) is 38.4 Å². The van der Waals surface area contributed by atoms with Crippen molar-refractivity contribution in [1.82, 2.24) is 5.32 Å². The standard InChI is InChI=1S/C13H25NO3/c1-3-4-11(2)9-17-13(15)10-16-12-5-7-14-8-6-12/h11-12,14H,3-10H2,1-2H3. The lowest BCUT2D eigenvalue weighted by Crippen LogP contribution is -2.33. The van der Waals surface area contributed by atoms with Crippen molar-refractivity contribution in [2.75, 3.05) is 26.3 Å². The second kappa shape index (κ2) is 8.48. The summed E-state index contributed by atoms with van der Waals surface area (Å²) in [5, 5.41) is 3.26. The molecule has 0 spiro atoms. The summed E-state index contributed by atoms with van der Waals surface area (Å²) in [7, 11) is 0. The molecule has 4 heteroatoms. The zero-order valence-corrected chi connectivity index (χ0v) is 11.0. The van der Waals surface area contributed by atoms with Crippen LogP contribution in [-0.2, 0) is 14.3 Å². The van der Waals surface area contributed by atoms with Crippen LogP contribution >= 0.6 is 0 Å². The van der Waals surface area contributed by atoms with Gasteiger partial charge in [0.1, 0.15) is 6.61 Å². The SMILES string of the molecule is CCCC(C)COC(=O)COC1CCNCC1. The first-order chi connectivity index (χ1) is 8.22. The smallest absolute Gasteiger partial charge is 0.332 e. The number of rotatable bonds is 7. The fraction of sp³-hybridized carbons (Fsp3) is 0.923. The van der Waals surface area contributed by atoms with Crippen LogP contribution < -0.4 is 5.32 Å². The average molecular weight is 243 g/mol. The quantitative estimate of drug-likeness (QED) is 0.692. The van der Waals surface area contributed by atoms with Crippen molar-refractivity contribution in [1.29, 1.82) is 0 Å². The van der Waals surface area contributed by atoms with E-state index >= 15 is 0 Å². The summed E-state index contributed by atoms with van der Waals surface area (Å²) in [6.45, 7) is 6.81. The second-order valence-electron chi connectivity index (χ2n) is 4.84. The van der Waals surface area contributed by atoms with E-state index < -0.39 is 0 Å². The Morgan fingerprint density at radius 1 is 1.41 bits per heavy atom. The molecule has 1 saturated heterocycles. The fourth-order valence-corrected chi connectivity index (χ4v) is 2.00. The number of carbonyl (C=O) groups excluding carboxylic acids is 1. The molecule has 4 nitrogen and oxygen atoms in total. The predicted octanol–water partition coefficient (Wildman–Crippen LogP) is 1.73. The number of esters is 1. The molecule has 1 N–H and O–H groups in total. The average Bonchev–Trinajstić information content (AvgIpc) is 2.35. The Balaban J connectivity index is 2.04. The molecule has 0 aromatic carbocycles. The summed E-state index contributed by atoms with van der Waals surface area (Å²) in [6.07, 6.45) is 4.42. The van der Waals surface area contributed by atoms with Crippen LogP contribution in [0.5, 0.6) is 0 Å². The molecule has 0 bridgehead atoms. The van der Waals surface area contributed by atoms with Gasteiger partial charge in [-0.3, -0.25) is 0 Å². The number of ether oxygens (including phenoxy) is 2. The summed E-state index contributed by atoms with van der Waals surface area (Å²) in [6, 6.07) is 0. The van der Waals surface area contributed by atoms with E-state index in [9.17, 15) is 4.79 Å². The first-order valence-corrected chi connectivity index (χ1v) is 6.70. The van der Waals surface area contributed by atoms with Gasteiger partial charge in [0.2, 0.25) is 0 Å². The molecule has 1 aliphatic rings. The van der Waals surface area contributed by atoms with Gasteiger partial charge < -0.3 is 14.8 Å². The maximum Gasteiger partial charge on any atom is 0.332 e. The lowest BCUT2D eigenvalue weighted by molar-refractivity contribution is -0.152. The number of carbonyl (C=O) groups is 1. The first-order valence-electron chi connectivity index (χ1n) is 6.70. The molecule has 1 aliphatic heterocycles. The molecule has 1 heterocycles. The van der Waals surface area contributed by atoms with Gasteiger partial charge in [-0.2, -0.15) is 0 Å². The summed E-state index contributed by atoms with van der Waals surface area (Å²) in [5.74, 6) is 0.217. The Labute approximate surface area is 104 Å². The normalized spacial score (nSPS) is 18.9. The van der Waals surface area contributed by atoms with E-state index in [0.717, 1.165) is 38.8 Å². The van der Waals surface area contributed by atoms with Crippen LogP contribution in [0.2, 0.25) is 0 Å². The molecule has 0 saturated carbocycles. The van der Waals surface area contributed by atoms with Gasteiger partial charge in [-0.15, -0.1) is 0 Å². The minimum absolute atomic E-state index is 0.101. The third kappa shape index (κ3) is 6.64. The number of piperidine rings is 1. The molecule has 100 valence electrons.